The third-order valence-electron chi connectivity index (χ3n) is 9.90. The number of amides is 2. The first kappa shape index (κ1) is 53.5. The van der Waals surface area contributed by atoms with Gasteiger partial charge in [0.05, 0.1) is 31.7 Å². The number of phosphoric ester groups is 3. The van der Waals surface area contributed by atoms with Crippen LogP contribution in [-0.4, -0.2) is 135 Å². The molecule has 5 rings (SSSR count). The molecule has 0 radical (unpaired) electrons. The molecule has 2 aliphatic heterocycles. The topological polar surface area (TPSA) is 376 Å². The van der Waals surface area contributed by atoms with Gasteiger partial charge in [0.2, 0.25) is 16.9 Å². The minimum Gasteiger partial charge on any atom is -0.386 e. The normalized spacial score (nSPS) is 23.5. The minimum atomic E-state index is -5.61. The van der Waals surface area contributed by atoms with Gasteiger partial charge in [-0.2, -0.15) is 17.5 Å². The number of ether oxygens (including phenoxy) is 2. The zero-order chi connectivity index (χ0) is 48.9. The number of epoxide rings is 1. The zero-order valence-electron chi connectivity index (χ0n) is 34.8. The van der Waals surface area contributed by atoms with Gasteiger partial charge in [-0.3, -0.25) is 32.5 Å². The van der Waals surface area contributed by atoms with Crippen molar-refractivity contribution in [2.45, 2.75) is 82.0 Å². The largest absolute Gasteiger partial charge is 0.481 e. The van der Waals surface area contributed by atoms with Gasteiger partial charge in [-0.05, 0) is 30.9 Å². The Labute approximate surface area is 376 Å². The fourth-order valence-electron chi connectivity index (χ4n) is 6.34. The molecule has 25 nitrogen and oxygen atoms in total. The number of nitrogens with two attached hydrogens (primary N) is 1. The lowest BCUT2D eigenvalue weighted by molar-refractivity contribution is -0.138. The highest BCUT2D eigenvalue weighted by Crippen LogP contribution is 2.61. The molecule has 0 saturated carbocycles. The highest BCUT2D eigenvalue weighted by Gasteiger charge is 2.52. The predicted molar refractivity (Wildman–Crippen MR) is 220 cm³/mol. The molecule has 2 amide bonds. The Morgan fingerprint density at radius 2 is 1.76 bits per heavy atom. The van der Waals surface area contributed by atoms with Gasteiger partial charge >= 0.3 is 29.6 Å². The number of nitrogen functional groups attached to an aromatic ring is 1. The minimum absolute atomic E-state index is 0.0120. The first-order valence-electron chi connectivity index (χ1n) is 19.5. The molecule has 0 aliphatic carbocycles. The molecule has 8 atom stereocenters. The lowest BCUT2D eigenvalue weighted by Crippen LogP contribution is -2.46. The number of halogens is 3. The van der Waals surface area contributed by atoms with Crippen molar-refractivity contribution < 1.29 is 98.4 Å². The second-order valence-electron chi connectivity index (χ2n) is 15.5. The number of rotatable bonds is 24. The summed E-state index contributed by atoms with van der Waals surface area (Å²) in [5.74, 6) is -1.45. The Hall–Kier alpha value is -3.47. The van der Waals surface area contributed by atoms with Crippen molar-refractivity contribution in [3.63, 3.8) is 0 Å². The van der Waals surface area contributed by atoms with Crippen LogP contribution in [0.3, 0.4) is 0 Å². The van der Waals surface area contributed by atoms with Gasteiger partial charge in [-0.15, -0.1) is 0 Å². The van der Waals surface area contributed by atoms with E-state index in [0.717, 1.165) is 41.1 Å². The summed E-state index contributed by atoms with van der Waals surface area (Å²) in [5, 5.41) is 26.1. The Bertz CT molecular complexity index is 2370. The van der Waals surface area contributed by atoms with E-state index in [0.29, 0.717) is 24.8 Å². The Balaban J connectivity index is 1.00. The van der Waals surface area contributed by atoms with Crippen LogP contribution in [0.1, 0.15) is 50.5 Å². The third-order valence-corrected chi connectivity index (χ3v) is 14.0. The van der Waals surface area contributed by atoms with Crippen molar-refractivity contribution in [2.75, 3.05) is 44.4 Å². The van der Waals surface area contributed by atoms with Crippen molar-refractivity contribution in [2.24, 2.45) is 5.41 Å². The Morgan fingerprint density at radius 1 is 1.06 bits per heavy atom. The van der Waals surface area contributed by atoms with Gasteiger partial charge in [0.25, 0.3) is 0 Å². The maximum absolute atomic E-state index is 13.0. The van der Waals surface area contributed by atoms with E-state index in [1.165, 1.54) is 19.9 Å². The number of aliphatic hydroxyl groups is 2. The number of phosphoric acid groups is 3. The molecule has 2 aliphatic rings. The van der Waals surface area contributed by atoms with Crippen molar-refractivity contribution >= 4 is 69.1 Å². The lowest BCUT2D eigenvalue weighted by Gasteiger charge is -2.30. The van der Waals surface area contributed by atoms with Gasteiger partial charge < -0.3 is 55.6 Å². The van der Waals surface area contributed by atoms with E-state index in [9.17, 15) is 71.0 Å². The number of aliphatic hydroxyl groups excluding tert-OH is 2. The van der Waals surface area contributed by atoms with Crippen LogP contribution in [0.25, 0.3) is 11.2 Å². The molecule has 0 bridgehead atoms. The number of imidazole rings is 1. The summed E-state index contributed by atoms with van der Waals surface area (Å²) < 4.78 is 107. The maximum atomic E-state index is 13.0. The number of carbonyl (C=O) groups is 3. The number of carbonyl (C=O) groups excluding carboxylic acids is 3. The number of hydrogen-bond acceptors (Lipinski definition) is 19. The highest BCUT2D eigenvalue weighted by molar-refractivity contribution is 8.13. The van der Waals surface area contributed by atoms with Crippen molar-refractivity contribution in [3.8, 4) is 0 Å². The van der Waals surface area contributed by atoms with Gasteiger partial charge in [0, 0.05) is 30.7 Å². The molecule has 2 fully saturated rings. The number of fused-ring (bicyclic) bond motifs is 1. The molecule has 1 aromatic carbocycles. The summed E-state index contributed by atoms with van der Waals surface area (Å²) in [5.41, 5.74) is 2.86. The fraction of sp³-hybridized carbons (Fsp3) is 0.588. The molecular weight excluding hydrogens is 976 g/mol. The highest BCUT2D eigenvalue weighted by atomic mass is 32.2. The number of alkyl halides is 3. The van der Waals surface area contributed by atoms with Crippen LogP contribution < -0.4 is 16.4 Å². The van der Waals surface area contributed by atoms with Crippen molar-refractivity contribution in [1.82, 2.24) is 30.2 Å². The SMILES string of the molecule is CC(C)(COP(=O)(O)OP(=O)(O)OC[C@H]1O[C@@H](n2cnc3c(N)ncnc32)[C@H](O)[C@@H]1OP(=O)(O)O)[C@H](O)C(=O)NCCC(=O)NCCSC(=O)C1(CCCc2cccc(C(F)(F)F)c2)CO1. The number of benzene rings is 1. The van der Waals surface area contributed by atoms with E-state index >= 15 is 0 Å². The van der Waals surface area contributed by atoms with Crippen LogP contribution in [0.4, 0.5) is 19.0 Å². The molecule has 66 heavy (non-hydrogen) atoms. The molecule has 368 valence electrons. The molecular formula is C34H47F3N7O18P3S. The monoisotopic (exact) mass is 1020 g/mol. The number of nitrogens with zero attached hydrogens (tertiary/aromatic N) is 4. The quantitative estimate of drug-likeness (QED) is 0.0348. The first-order chi connectivity index (χ1) is 30.6. The molecule has 2 saturated heterocycles. The Morgan fingerprint density at radius 3 is 2.42 bits per heavy atom. The van der Waals surface area contributed by atoms with Crippen LogP contribution in [0, 0.1) is 5.41 Å². The van der Waals surface area contributed by atoms with Crippen LogP contribution >= 0.6 is 35.2 Å². The van der Waals surface area contributed by atoms with Gasteiger partial charge in [-0.1, -0.05) is 43.8 Å². The summed E-state index contributed by atoms with van der Waals surface area (Å²) in [6.45, 7) is 0.303. The standard InChI is InChI=1S/C34H47F3N7O18P3S/c1-32(2,26(47)29(48)40-10-8-22(45)39-11-12-66-31(49)33(16-57-33)9-4-6-19-5-3-7-20(13-19)34(35,36)37)15-59-65(55,56)62-64(53,54)58-14-21-25(61-63(50,51)52)24(46)30(60-21)44-18-43-23-27(38)41-17-42-28(23)44/h3,5,7,13,17-18,21,24-26,30,46-47H,4,6,8-12,14-16H2,1-2H3,(H,39,45)(H,40,48)(H,53,54)(H,55,56)(H2,38,41,42)(H2,50,51,52)/t21-,24-,25-,26-,30-,33?/m1/s1. The average Bonchev–Trinajstić information content (AvgIpc) is 3.79. The predicted octanol–water partition coefficient (Wildman–Crippen LogP) is 1.48. The molecule has 4 heterocycles. The Kier molecular flexibility index (Phi) is 17.4. The number of anilines is 1. The summed E-state index contributed by atoms with van der Waals surface area (Å²) >= 11 is 0.918. The molecule has 2 aromatic heterocycles. The van der Waals surface area contributed by atoms with Crippen LogP contribution in [0.15, 0.2) is 36.9 Å². The van der Waals surface area contributed by atoms with E-state index in [2.05, 4.69) is 34.4 Å². The van der Waals surface area contributed by atoms with E-state index < -0.39 is 102 Å². The van der Waals surface area contributed by atoms with E-state index in [1.54, 1.807) is 6.07 Å². The van der Waals surface area contributed by atoms with Crippen molar-refractivity contribution in [3.05, 3.63) is 48.0 Å². The summed E-state index contributed by atoms with van der Waals surface area (Å²) in [6.07, 6.45) is -10.6. The summed E-state index contributed by atoms with van der Waals surface area (Å²) in [4.78, 5) is 88.8. The van der Waals surface area contributed by atoms with Crippen molar-refractivity contribution in [1.29, 1.82) is 0 Å². The van der Waals surface area contributed by atoms with Crippen LogP contribution in [0.5, 0.6) is 0 Å². The number of thioether (sulfide) groups is 1. The smallest absolute Gasteiger partial charge is 0.386 e. The summed E-state index contributed by atoms with van der Waals surface area (Å²) in [7, 11) is -16.5. The third kappa shape index (κ3) is 14.8. The lowest BCUT2D eigenvalue weighted by atomic mass is 9.87. The number of aryl methyl sites for hydroxylation is 1. The van der Waals surface area contributed by atoms with E-state index in [-0.39, 0.29) is 54.0 Å². The average molecular weight is 1020 g/mol. The van der Waals surface area contributed by atoms with Gasteiger partial charge in [-0.25, -0.2) is 28.6 Å². The maximum Gasteiger partial charge on any atom is 0.481 e. The molecule has 3 aromatic rings. The molecule has 10 N–H and O–H groups in total. The number of nitrogens with one attached hydrogen (secondary N) is 2. The second-order valence-corrected chi connectivity index (χ2v) is 20.8. The molecule has 32 heteroatoms. The molecule has 0 spiro atoms. The van der Waals surface area contributed by atoms with E-state index in [4.69, 9.17) is 24.3 Å². The first-order valence-corrected chi connectivity index (χ1v) is 25.0. The van der Waals surface area contributed by atoms with Crippen LogP contribution in [-0.2, 0) is 68.0 Å². The number of hydrogen-bond donors (Lipinski definition) is 9. The zero-order valence-corrected chi connectivity index (χ0v) is 38.3. The fourth-order valence-corrected chi connectivity index (χ4v) is 10.0. The van der Waals surface area contributed by atoms with Gasteiger partial charge in [0.15, 0.2) is 23.3 Å². The van der Waals surface area contributed by atoms with Gasteiger partial charge in [0.1, 0.15) is 36.3 Å². The second kappa shape index (κ2) is 21.4. The number of aromatic nitrogens is 4. The van der Waals surface area contributed by atoms with Crippen LogP contribution in [0.2, 0.25) is 0 Å². The summed E-state index contributed by atoms with van der Waals surface area (Å²) in [6, 6.07) is 4.94. The van der Waals surface area contributed by atoms with E-state index in [1.807, 2.05) is 0 Å². The molecule has 3 unspecified atom stereocenters.